The molecular weight excluding hydrogens is 178 g/mol. The average molecular weight is 191 g/mol. The number of rotatable bonds is 2. The minimum atomic E-state index is 0.159. The lowest BCUT2D eigenvalue weighted by Gasteiger charge is -2.14. The Hall–Kier alpha value is -1.51. The van der Waals surface area contributed by atoms with Gasteiger partial charge >= 0.3 is 0 Å². The summed E-state index contributed by atoms with van der Waals surface area (Å²) in [6, 6.07) is 5.77. The topological polar surface area (TPSA) is 29.5 Å². The fourth-order valence-electron chi connectivity index (χ4n) is 1.90. The predicted octanol–water partition coefficient (Wildman–Crippen LogP) is 1.60. The summed E-state index contributed by atoms with van der Waals surface area (Å²) in [5, 5.41) is 0. The van der Waals surface area contributed by atoms with Crippen LogP contribution in [0.3, 0.4) is 0 Å². The van der Waals surface area contributed by atoms with Crippen molar-refractivity contribution in [3.05, 3.63) is 23.8 Å². The SMILES string of the molecule is CCN1C(=O)Cc2c(OC)cccc21. The smallest absolute Gasteiger partial charge is 0.231 e. The standard InChI is InChI=1S/C11H13NO2/c1-3-12-9-5-4-6-10(14-2)8(9)7-11(12)13/h4-6H,3,7H2,1-2H3. The summed E-state index contributed by atoms with van der Waals surface area (Å²) >= 11 is 0. The fourth-order valence-corrected chi connectivity index (χ4v) is 1.90. The Kier molecular flexibility index (Phi) is 2.15. The van der Waals surface area contributed by atoms with Gasteiger partial charge in [0.1, 0.15) is 5.75 Å². The maximum Gasteiger partial charge on any atom is 0.231 e. The summed E-state index contributed by atoms with van der Waals surface area (Å²) in [4.78, 5) is 13.4. The van der Waals surface area contributed by atoms with E-state index >= 15 is 0 Å². The molecule has 0 aliphatic carbocycles. The number of anilines is 1. The Balaban J connectivity index is 2.51. The molecule has 0 spiro atoms. The molecule has 2 rings (SSSR count). The average Bonchev–Trinajstić information content (AvgIpc) is 2.52. The third-order valence-electron chi connectivity index (χ3n) is 2.56. The second kappa shape index (κ2) is 3.33. The second-order valence-electron chi connectivity index (χ2n) is 3.27. The van der Waals surface area contributed by atoms with Gasteiger partial charge < -0.3 is 9.64 Å². The van der Waals surface area contributed by atoms with Gasteiger partial charge in [0.15, 0.2) is 0 Å². The zero-order chi connectivity index (χ0) is 10.1. The predicted molar refractivity (Wildman–Crippen MR) is 54.7 cm³/mol. The third-order valence-corrected chi connectivity index (χ3v) is 2.56. The molecule has 1 aliphatic rings. The van der Waals surface area contributed by atoms with E-state index in [2.05, 4.69) is 0 Å². The molecule has 0 radical (unpaired) electrons. The Morgan fingerprint density at radius 2 is 2.29 bits per heavy atom. The molecule has 1 heterocycles. The van der Waals surface area contributed by atoms with Gasteiger partial charge in [-0.05, 0) is 19.1 Å². The van der Waals surface area contributed by atoms with Crippen LogP contribution in [0.15, 0.2) is 18.2 Å². The maximum absolute atomic E-state index is 11.6. The molecule has 0 fully saturated rings. The van der Waals surface area contributed by atoms with Gasteiger partial charge in [0, 0.05) is 12.1 Å². The van der Waals surface area contributed by atoms with Crippen LogP contribution in [-0.2, 0) is 11.2 Å². The van der Waals surface area contributed by atoms with Crippen LogP contribution in [0.1, 0.15) is 12.5 Å². The van der Waals surface area contributed by atoms with Gasteiger partial charge in [-0.2, -0.15) is 0 Å². The number of carbonyl (C=O) groups is 1. The first kappa shape index (κ1) is 9.06. The highest BCUT2D eigenvalue weighted by Gasteiger charge is 2.28. The van der Waals surface area contributed by atoms with Crippen molar-refractivity contribution in [2.24, 2.45) is 0 Å². The lowest BCUT2D eigenvalue weighted by Crippen LogP contribution is -2.25. The molecule has 0 bridgehead atoms. The van der Waals surface area contributed by atoms with Gasteiger partial charge in [-0.15, -0.1) is 0 Å². The first-order valence-electron chi connectivity index (χ1n) is 4.74. The number of hydrogen-bond donors (Lipinski definition) is 0. The molecule has 0 saturated heterocycles. The van der Waals surface area contributed by atoms with Crippen molar-refractivity contribution in [3.8, 4) is 5.75 Å². The van der Waals surface area contributed by atoms with Crippen molar-refractivity contribution in [2.75, 3.05) is 18.6 Å². The molecule has 1 aliphatic heterocycles. The van der Waals surface area contributed by atoms with Crippen LogP contribution in [0.5, 0.6) is 5.75 Å². The van der Waals surface area contributed by atoms with E-state index in [0.29, 0.717) is 6.42 Å². The largest absolute Gasteiger partial charge is 0.496 e. The third kappa shape index (κ3) is 1.16. The van der Waals surface area contributed by atoms with Gasteiger partial charge in [0.05, 0.1) is 19.2 Å². The molecule has 74 valence electrons. The van der Waals surface area contributed by atoms with Crippen LogP contribution >= 0.6 is 0 Å². The first-order valence-corrected chi connectivity index (χ1v) is 4.74. The molecule has 1 amide bonds. The van der Waals surface area contributed by atoms with Crippen molar-refractivity contribution in [2.45, 2.75) is 13.3 Å². The van der Waals surface area contributed by atoms with Gasteiger partial charge in [0.25, 0.3) is 0 Å². The van der Waals surface area contributed by atoms with Crippen LogP contribution in [-0.4, -0.2) is 19.6 Å². The highest BCUT2D eigenvalue weighted by atomic mass is 16.5. The first-order chi connectivity index (χ1) is 6.77. The van der Waals surface area contributed by atoms with Crippen LogP contribution in [0.2, 0.25) is 0 Å². The molecule has 1 aromatic rings. The Bertz CT molecular complexity index is 374. The van der Waals surface area contributed by atoms with E-state index < -0.39 is 0 Å². The van der Waals surface area contributed by atoms with E-state index in [-0.39, 0.29) is 5.91 Å². The minimum Gasteiger partial charge on any atom is -0.496 e. The van der Waals surface area contributed by atoms with E-state index in [9.17, 15) is 4.79 Å². The summed E-state index contributed by atoms with van der Waals surface area (Å²) in [5.74, 6) is 0.971. The highest BCUT2D eigenvalue weighted by molar-refractivity contribution is 6.02. The molecule has 14 heavy (non-hydrogen) atoms. The molecule has 0 aromatic heterocycles. The van der Waals surface area contributed by atoms with Crippen molar-refractivity contribution < 1.29 is 9.53 Å². The quantitative estimate of drug-likeness (QED) is 0.710. The van der Waals surface area contributed by atoms with E-state index in [0.717, 1.165) is 23.5 Å². The Morgan fingerprint density at radius 3 is 2.93 bits per heavy atom. The molecule has 0 saturated carbocycles. The summed E-state index contributed by atoms with van der Waals surface area (Å²) in [6.45, 7) is 2.70. The monoisotopic (exact) mass is 191 g/mol. The van der Waals surface area contributed by atoms with Crippen LogP contribution < -0.4 is 9.64 Å². The molecular formula is C11H13NO2. The zero-order valence-corrected chi connectivity index (χ0v) is 8.41. The van der Waals surface area contributed by atoms with Gasteiger partial charge in [0.2, 0.25) is 5.91 Å². The molecule has 1 aromatic carbocycles. The lowest BCUT2D eigenvalue weighted by molar-refractivity contribution is -0.117. The number of carbonyl (C=O) groups excluding carboxylic acids is 1. The number of likely N-dealkylation sites (N-methyl/N-ethyl adjacent to an activating group) is 1. The number of amides is 1. The molecule has 3 nitrogen and oxygen atoms in total. The van der Waals surface area contributed by atoms with E-state index in [4.69, 9.17) is 4.74 Å². The number of hydrogen-bond acceptors (Lipinski definition) is 2. The minimum absolute atomic E-state index is 0.159. The van der Waals surface area contributed by atoms with E-state index in [1.165, 1.54) is 0 Å². The highest BCUT2D eigenvalue weighted by Crippen LogP contribution is 2.35. The van der Waals surface area contributed by atoms with Crippen LogP contribution in [0.4, 0.5) is 5.69 Å². The summed E-state index contributed by atoms with van der Waals surface area (Å²) < 4.78 is 5.22. The fraction of sp³-hybridized carbons (Fsp3) is 0.364. The number of benzene rings is 1. The van der Waals surface area contributed by atoms with Crippen molar-refractivity contribution in [1.82, 2.24) is 0 Å². The lowest BCUT2D eigenvalue weighted by atomic mass is 10.1. The van der Waals surface area contributed by atoms with Crippen molar-refractivity contribution in [1.29, 1.82) is 0 Å². The van der Waals surface area contributed by atoms with Crippen molar-refractivity contribution in [3.63, 3.8) is 0 Å². The number of ether oxygens (including phenoxy) is 1. The second-order valence-corrected chi connectivity index (χ2v) is 3.27. The summed E-state index contributed by atoms with van der Waals surface area (Å²) in [7, 11) is 1.63. The zero-order valence-electron chi connectivity index (χ0n) is 8.41. The van der Waals surface area contributed by atoms with Crippen LogP contribution in [0, 0.1) is 0 Å². The normalized spacial score (nSPS) is 14.4. The van der Waals surface area contributed by atoms with Gasteiger partial charge in [-0.25, -0.2) is 0 Å². The number of fused-ring (bicyclic) bond motifs is 1. The maximum atomic E-state index is 11.6. The summed E-state index contributed by atoms with van der Waals surface area (Å²) in [5.41, 5.74) is 2.01. The Labute approximate surface area is 83.3 Å². The molecule has 0 unspecified atom stereocenters. The van der Waals surface area contributed by atoms with E-state index in [1.807, 2.05) is 25.1 Å². The van der Waals surface area contributed by atoms with Crippen molar-refractivity contribution >= 4 is 11.6 Å². The van der Waals surface area contributed by atoms with Crippen LogP contribution in [0.25, 0.3) is 0 Å². The summed E-state index contributed by atoms with van der Waals surface area (Å²) in [6.07, 6.45) is 0.465. The Morgan fingerprint density at radius 1 is 1.50 bits per heavy atom. The van der Waals surface area contributed by atoms with Gasteiger partial charge in [-0.1, -0.05) is 6.07 Å². The van der Waals surface area contributed by atoms with E-state index in [1.54, 1.807) is 12.0 Å². The molecule has 0 N–H and O–H groups in total. The molecule has 3 heteroatoms. The number of methoxy groups -OCH3 is 1. The molecule has 0 atom stereocenters. The van der Waals surface area contributed by atoms with Gasteiger partial charge in [-0.3, -0.25) is 4.79 Å². The number of nitrogens with zero attached hydrogens (tertiary/aromatic N) is 1.